The molecular weight excluding hydrogens is 196 g/mol. The minimum atomic E-state index is 0.731. The maximum atomic E-state index is 5.85. The van der Waals surface area contributed by atoms with Crippen molar-refractivity contribution in [1.82, 2.24) is 4.90 Å². The summed E-state index contributed by atoms with van der Waals surface area (Å²) in [7, 11) is 0. The molecule has 0 saturated carbocycles. The largest absolute Gasteiger partial charge is 0.399 e. The normalized spacial score (nSPS) is 16.4. The van der Waals surface area contributed by atoms with Gasteiger partial charge in [-0.1, -0.05) is 19.9 Å². The van der Waals surface area contributed by atoms with Gasteiger partial charge in [0.1, 0.15) is 0 Å². The molecule has 2 rings (SSSR count). The molecule has 16 heavy (non-hydrogen) atoms. The number of rotatable bonds is 3. The molecular formula is C14H22N2. The van der Waals surface area contributed by atoms with Gasteiger partial charge in [0.2, 0.25) is 0 Å². The molecule has 2 N–H and O–H groups in total. The van der Waals surface area contributed by atoms with E-state index in [9.17, 15) is 0 Å². The Labute approximate surface area is 98.4 Å². The highest BCUT2D eigenvalue weighted by atomic mass is 15.2. The Balaban J connectivity index is 2.16. The number of benzene rings is 1. The highest BCUT2D eigenvalue weighted by molar-refractivity contribution is 5.45. The predicted octanol–water partition coefficient (Wildman–Crippen LogP) is 2.82. The average molecular weight is 218 g/mol. The lowest BCUT2D eigenvalue weighted by Gasteiger charge is -2.34. The first kappa shape index (κ1) is 11.5. The Morgan fingerprint density at radius 3 is 2.69 bits per heavy atom. The quantitative estimate of drug-likeness (QED) is 0.790. The minimum absolute atomic E-state index is 0.731. The second kappa shape index (κ2) is 4.88. The zero-order chi connectivity index (χ0) is 11.5. The molecule has 1 aliphatic heterocycles. The molecule has 0 unspecified atom stereocenters. The summed E-state index contributed by atoms with van der Waals surface area (Å²) >= 11 is 0. The van der Waals surface area contributed by atoms with Gasteiger partial charge in [0.05, 0.1) is 0 Å². The van der Waals surface area contributed by atoms with E-state index < -0.39 is 0 Å². The van der Waals surface area contributed by atoms with Crippen LogP contribution in [-0.4, -0.2) is 17.5 Å². The van der Waals surface area contributed by atoms with E-state index in [0.717, 1.165) is 18.3 Å². The van der Waals surface area contributed by atoms with Crippen LogP contribution in [0.15, 0.2) is 18.2 Å². The maximum absolute atomic E-state index is 5.85. The van der Waals surface area contributed by atoms with Gasteiger partial charge in [0.15, 0.2) is 0 Å². The summed E-state index contributed by atoms with van der Waals surface area (Å²) in [6, 6.07) is 7.08. The lowest BCUT2D eigenvalue weighted by molar-refractivity contribution is 0.169. The second-order valence-electron chi connectivity index (χ2n) is 4.72. The Kier molecular flexibility index (Phi) is 3.49. The highest BCUT2D eigenvalue weighted by Crippen LogP contribution is 2.24. The molecule has 0 atom stereocenters. The van der Waals surface area contributed by atoms with Gasteiger partial charge in [-0.05, 0) is 42.5 Å². The van der Waals surface area contributed by atoms with Gasteiger partial charge in [-0.2, -0.15) is 0 Å². The predicted molar refractivity (Wildman–Crippen MR) is 69.3 cm³/mol. The highest BCUT2D eigenvalue weighted by Gasteiger charge is 2.21. The number of fused-ring (bicyclic) bond motifs is 1. The maximum Gasteiger partial charge on any atom is 0.0317 e. The van der Waals surface area contributed by atoms with Gasteiger partial charge in [-0.25, -0.2) is 0 Å². The van der Waals surface area contributed by atoms with E-state index in [0.29, 0.717) is 0 Å². The van der Waals surface area contributed by atoms with E-state index in [1.54, 1.807) is 0 Å². The SMILES string of the molecule is CCC(CC)N1CCc2ccc(N)cc2C1. The molecule has 1 aromatic carbocycles. The van der Waals surface area contributed by atoms with Crippen molar-refractivity contribution in [3.05, 3.63) is 29.3 Å². The number of hydrogen-bond donors (Lipinski definition) is 1. The van der Waals surface area contributed by atoms with Crippen molar-refractivity contribution < 1.29 is 0 Å². The van der Waals surface area contributed by atoms with Crippen LogP contribution in [0.3, 0.4) is 0 Å². The van der Waals surface area contributed by atoms with Crippen molar-refractivity contribution in [2.75, 3.05) is 12.3 Å². The molecule has 2 nitrogen and oxygen atoms in total. The van der Waals surface area contributed by atoms with E-state index in [4.69, 9.17) is 5.73 Å². The molecule has 0 aliphatic carbocycles. The van der Waals surface area contributed by atoms with Crippen molar-refractivity contribution in [2.45, 2.75) is 45.7 Å². The van der Waals surface area contributed by atoms with Crippen molar-refractivity contribution >= 4 is 5.69 Å². The minimum Gasteiger partial charge on any atom is -0.399 e. The number of nitrogen functional groups attached to an aromatic ring is 1. The number of nitrogens with zero attached hydrogens (tertiary/aromatic N) is 1. The van der Waals surface area contributed by atoms with Crippen molar-refractivity contribution in [1.29, 1.82) is 0 Å². The van der Waals surface area contributed by atoms with Crippen molar-refractivity contribution in [3.8, 4) is 0 Å². The van der Waals surface area contributed by atoms with E-state index in [1.165, 1.54) is 36.9 Å². The number of anilines is 1. The molecule has 0 aromatic heterocycles. The third kappa shape index (κ3) is 2.22. The average Bonchev–Trinajstić information content (AvgIpc) is 2.30. The van der Waals surface area contributed by atoms with Crippen LogP contribution in [-0.2, 0) is 13.0 Å². The van der Waals surface area contributed by atoms with Crippen molar-refractivity contribution in [2.24, 2.45) is 0 Å². The summed E-state index contributed by atoms with van der Waals surface area (Å²) < 4.78 is 0. The summed E-state index contributed by atoms with van der Waals surface area (Å²) in [6.07, 6.45) is 3.66. The van der Waals surface area contributed by atoms with E-state index in [2.05, 4.69) is 30.9 Å². The van der Waals surface area contributed by atoms with Gasteiger partial charge in [-0.15, -0.1) is 0 Å². The number of hydrogen-bond acceptors (Lipinski definition) is 2. The summed E-state index contributed by atoms with van der Waals surface area (Å²) in [5.41, 5.74) is 9.66. The van der Waals surface area contributed by atoms with Crippen LogP contribution < -0.4 is 5.73 Å². The van der Waals surface area contributed by atoms with Gasteiger partial charge in [-0.3, -0.25) is 4.90 Å². The monoisotopic (exact) mass is 218 g/mol. The first-order valence-corrected chi connectivity index (χ1v) is 6.36. The zero-order valence-corrected chi connectivity index (χ0v) is 10.4. The molecule has 0 saturated heterocycles. The summed E-state index contributed by atoms with van der Waals surface area (Å²) in [5, 5.41) is 0. The lowest BCUT2D eigenvalue weighted by atomic mass is 9.97. The lowest BCUT2D eigenvalue weighted by Crippen LogP contribution is -2.38. The van der Waals surface area contributed by atoms with Crippen LogP contribution in [0.4, 0.5) is 5.69 Å². The Morgan fingerprint density at radius 2 is 2.00 bits per heavy atom. The molecule has 1 aliphatic rings. The zero-order valence-electron chi connectivity index (χ0n) is 10.4. The fourth-order valence-corrected chi connectivity index (χ4v) is 2.72. The Morgan fingerprint density at radius 1 is 1.25 bits per heavy atom. The van der Waals surface area contributed by atoms with E-state index in [-0.39, 0.29) is 0 Å². The molecule has 2 heteroatoms. The van der Waals surface area contributed by atoms with E-state index in [1.807, 2.05) is 6.07 Å². The smallest absolute Gasteiger partial charge is 0.0317 e. The van der Waals surface area contributed by atoms with E-state index >= 15 is 0 Å². The van der Waals surface area contributed by atoms with Crippen LogP contribution >= 0.6 is 0 Å². The summed E-state index contributed by atoms with van der Waals surface area (Å²) in [5.74, 6) is 0. The molecule has 88 valence electrons. The first-order valence-electron chi connectivity index (χ1n) is 6.36. The van der Waals surface area contributed by atoms with Gasteiger partial charge in [0.25, 0.3) is 0 Å². The van der Waals surface area contributed by atoms with Crippen LogP contribution in [0.5, 0.6) is 0 Å². The summed E-state index contributed by atoms with van der Waals surface area (Å²) in [6.45, 7) is 6.84. The first-order chi connectivity index (χ1) is 7.74. The second-order valence-corrected chi connectivity index (χ2v) is 4.72. The van der Waals surface area contributed by atoms with Gasteiger partial charge < -0.3 is 5.73 Å². The molecule has 0 spiro atoms. The third-order valence-electron chi connectivity index (χ3n) is 3.73. The Hall–Kier alpha value is -1.02. The van der Waals surface area contributed by atoms with Crippen LogP contribution in [0.1, 0.15) is 37.8 Å². The van der Waals surface area contributed by atoms with Crippen molar-refractivity contribution in [3.63, 3.8) is 0 Å². The van der Waals surface area contributed by atoms with Crippen LogP contribution in [0.25, 0.3) is 0 Å². The molecule has 0 fully saturated rings. The third-order valence-corrected chi connectivity index (χ3v) is 3.73. The van der Waals surface area contributed by atoms with Gasteiger partial charge >= 0.3 is 0 Å². The molecule has 1 heterocycles. The molecule has 0 radical (unpaired) electrons. The fraction of sp³-hybridized carbons (Fsp3) is 0.571. The van der Waals surface area contributed by atoms with Gasteiger partial charge in [0, 0.05) is 24.8 Å². The number of nitrogens with two attached hydrogens (primary N) is 1. The molecule has 1 aromatic rings. The standard InChI is InChI=1S/C14H22N2/c1-3-14(4-2)16-8-7-11-5-6-13(15)9-12(11)10-16/h5-6,9,14H,3-4,7-8,10,15H2,1-2H3. The van der Waals surface area contributed by atoms with Crippen LogP contribution in [0, 0.1) is 0 Å². The fourth-order valence-electron chi connectivity index (χ4n) is 2.72. The topological polar surface area (TPSA) is 29.3 Å². The van der Waals surface area contributed by atoms with Crippen LogP contribution in [0.2, 0.25) is 0 Å². The molecule has 0 amide bonds. The Bertz CT molecular complexity index is 356. The summed E-state index contributed by atoms with van der Waals surface area (Å²) in [4.78, 5) is 2.60. The molecule has 0 bridgehead atoms.